The van der Waals surface area contributed by atoms with Crippen molar-refractivity contribution < 1.29 is 15.0 Å². The summed E-state index contributed by atoms with van der Waals surface area (Å²) in [7, 11) is 0. The first-order chi connectivity index (χ1) is 7.18. The van der Waals surface area contributed by atoms with E-state index in [1.807, 2.05) is 13.8 Å². The van der Waals surface area contributed by atoms with Gasteiger partial charge in [-0.25, -0.2) is 0 Å². The molecule has 1 aliphatic carbocycles. The summed E-state index contributed by atoms with van der Waals surface area (Å²) in [5, 5.41) is 19.8. The summed E-state index contributed by atoms with van der Waals surface area (Å²) in [6.45, 7) is 8.10. The van der Waals surface area contributed by atoms with Crippen molar-refractivity contribution in [3.63, 3.8) is 0 Å². The lowest BCUT2D eigenvalue weighted by atomic mass is 9.64. The van der Waals surface area contributed by atoms with Crippen LogP contribution in [-0.2, 0) is 4.79 Å². The molecule has 0 amide bonds. The van der Waals surface area contributed by atoms with Gasteiger partial charge in [-0.2, -0.15) is 0 Å². The largest absolute Gasteiger partial charge is 0.481 e. The van der Waals surface area contributed by atoms with Gasteiger partial charge in [0.2, 0.25) is 0 Å². The van der Waals surface area contributed by atoms with Crippen molar-refractivity contribution in [2.24, 2.45) is 17.3 Å². The maximum Gasteiger partial charge on any atom is 0.309 e. The molecule has 2 N–H and O–H groups in total. The smallest absolute Gasteiger partial charge is 0.309 e. The van der Waals surface area contributed by atoms with E-state index in [2.05, 4.69) is 13.8 Å². The average molecular weight is 228 g/mol. The molecule has 16 heavy (non-hydrogen) atoms. The van der Waals surface area contributed by atoms with Crippen molar-refractivity contribution in [3.8, 4) is 0 Å². The van der Waals surface area contributed by atoms with Crippen LogP contribution in [0.15, 0.2) is 0 Å². The molecule has 3 heteroatoms. The lowest BCUT2D eigenvalue weighted by molar-refractivity contribution is -0.161. The van der Waals surface area contributed by atoms with E-state index in [-0.39, 0.29) is 11.3 Å². The van der Waals surface area contributed by atoms with Crippen molar-refractivity contribution in [1.82, 2.24) is 0 Å². The zero-order valence-electron chi connectivity index (χ0n) is 10.8. The van der Waals surface area contributed by atoms with E-state index in [1.165, 1.54) is 0 Å². The molecule has 0 aromatic carbocycles. The van der Waals surface area contributed by atoms with Crippen LogP contribution in [0.4, 0.5) is 0 Å². The molecule has 0 heterocycles. The molecule has 1 fully saturated rings. The van der Waals surface area contributed by atoms with Gasteiger partial charge in [0.15, 0.2) is 0 Å². The van der Waals surface area contributed by atoms with Crippen LogP contribution in [0.5, 0.6) is 0 Å². The van der Waals surface area contributed by atoms with Gasteiger partial charge in [-0.15, -0.1) is 0 Å². The molecule has 0 saturated heterocycles. The van der Waals surface area contributed by atoms with E-state index in [0.717, 1.165) is 12.8 Å². The molecule has 3 nitrogen and oxygen atoms in total. The van der Waals surface area contributed by atoms with E-state index in [4.69, 9.17) is 0 Å². The van der Waals surface area contributed by atoms with Crippen LogP contribution in [0.2, 0.25) is 0 Å². The first-order valence-corrected chi connectivity index (χ1v) is 6.13. The molecule has 0 aliphatic heterocycles. The van der Waals surface area contributed by atoms with Crippen LogP contribution in [0.25, 0.3) is 0 Å². The molecule has 1 aliphatic rings. The number of rotatable bonds is 3. The van der Waals surface area contributed by atoms with Gasteiger partial charge in [0.1, 0.15) is 0 Å². The Balaban J connectivity index is 2.81. The Kier molecular flexibility index (Phi) is 3.68. The van der Waals surface area contributed by atoms with Crippen LogP contribution in [0.1, 0.15) is 53.4 Å². The molecule has 0 aromatic rings. The third-order valence-corrected chi connectivity index (χ3v) is 3.98. The molecule has 0 radical (unpaired) electrons. The molecular formula is C13H24O3. The molecule has 0 aromatic heterocycles. The van der Waals surface area contributed by atoms with Gasteiger partial charge in [-0.1, -0.05) is 27.7 Å². The van der Waals surface area contributed by atoms with Crippen LogP contribution in [0, 0.1) is 17.3 Å². The van der Waals surface area contributed by atoms with Gasteiger partial charge >= 0.3 is 5.97 Å². The first kappa shape index (κ1) is 13.5. The van der Waals surface area contributed by atoms with Crippen molar-refractivity contribution in [1.29, 1.82) is 0 Å². The third kappa shape index (κ3) is 2.76. The lowest BCUT2D eigenvalue weighted by Gasteiger charge is -2.44. The Morgan fingerprint density at radius 3 is 1.88 bits per heavy atom. The minimum absolute atomic E-state index is 0.0243. The number of hydrogen-bond acceptors (Lipinski definition) is 2. The normalized spacial score (nSPS) is 25.4. The number of aliphatic carboxylic acids is 1. The Labute approximate surface area is 97.9 Å². The van der Waals surface area contributed by atoms with Gasteiger partial charge < -0.3 is 10.2 Å². The minimum Gasteiger partial charge on any atom is -0.481 e. The Morgan fingerprint density at radius 2 is 1.56 bits per heavy atom. The standard InChI is InChI=1S/C13H24O3/c1-9(2)10(11(14)15)13(16)7-5-12(3,4)6-8-13/h9-10,16H,5-8H2,1-4H3,(H,14,15). The Morgan fingerprint density at radius 1 is 1.12 bits per heavy atom. The first-order valence-electron chi connectivity index (χ1n) is 6.13. The van der Waals surface area contributed by atoms with Crippen LogP contribution in [-0.4, -0.2) is 21.8 Å². The Hall–Kier alpha value is -0.570. The summed E-state index contributed by atoms with van der Waals surface area (Å²) < 4.78 is 0. The number of aliphatic hydroxyl groups is 1. The van der Waals surface area contributed by atoms with Gasteiger partial charge in [0.05, 0.1) is 11.5 Å². The van der Waals surface area contributed by atoms with E-state index in [1.54, 1.807) is 0 Å². The predicted octanol–water partition coefficient (Wildman–Crippen LogP) is 2.67. The summed E-state index contributed by atoms with van der Waals surface area (Å²) in [4.78, 5) is 11.2. The number of carboxylic acid groups (broad SMARTS) is 1. The maximum atomic E-state index is 11.2. The van der Waals surface area contributed by atoms with Crippen LogP contribution < -0.4 is 0 Å². The molecule has 0 spiro atoms. The van der Waals surface area contributed by atoms with Crippen molar-refractivity contribution >= 4 is 5.97 Å². The number of carbonyl (C=O) groups is 1. The molecule has 0 bridgehead atoms. The van der Waals surface area contributed by atoms with Crippen molar-refractivity contribution in [2.75, 3.05) is 0 Å². The second kappa shape index (κ2) is 4.36. The average Bonchev–Trinajstić information content (AvgIpc) is 2.10. The highest BCUT2D eigenvalue weighted by atomic mass is 16.4. The molecule has 1 rings (SSSR count). The SMILES string of the molecule is CC(C)C(C(=O)O)C1(O)CCC(C)(C)CC1. The zero-order chi connectivity index (χ0) is 12.6. The highest BCUT2D eigenvalue weighted by Crippen LogP contribution is 2.45. The fourth-order valence-corrected chi connectivity index (χ4v) is 2.81. The molecular weight excluding hydrogens is 204 g/mol. The summed E-state index contributed by atoms with van der Waals surface area (Å²) in [5.74, 6) is -1.52. The summed E-state index contributed by atoms with van der Waals surface area (Å²) in [6.07, 6.45) is 3.02. The summed E-state index contributed by atoms with van der Waals surface area (Å²) >= 11 is 0. The fraction of sp³-hybridized carbons (Fsp3) is 0.923. The third-order valence-electron chi connectivity index (χ3n) is 3.98. The topological polar surface area (TPSA) is 57.5 Å². The number of hydrogen-bond donors (Lipinski definition) is 2. The van der Waals surface area contributed by atoms with Gasteiger partial charge in [0.25, 0.3) is 0 Å². The Bertz CT molecular complexity index is 258. The maximum absolute atomic E-state index is 11.2. The molecule has 1 atom stereocenters. The van der Waals surface area contributed by atoms with Crippen molar-refractivity contribution in [2.45, 2.75) is 59.0 Å². The summed E-state index contributed by atoms with van der Waals surface area (Å²) in [5.41, 5.74) is -0.762. The van der Waals surface area contributed by atoms with Gasteiger partial charge in [-0.05, 0) is 37.0 Å². The highest BCUT2D eigenvalue weighted by molar-refractivity contribution is 5.71. The van der Waals surface area contributed by atoms with Gasteiger partial charge in [-0.3, -0.25) is 4.79 Å². The predicted molar refractivity (Wildman–Crippen MR) is 63.2 cm³/mol. The van der Waals surface area contributed by atoms with E-state index in [0.29, 0.717) is 12.8 Å². The van der Waals surface area contributed by atoms with Crippen LogP contribution in [0.3, 0.4) is 0 Å². The molecule has 1 saturated carbocycles. The van der Waals surface area contributed by atoms with E-state index >= 15 is 0 Å². The molecule has 94 valence electrons. The lowest BCUT2D eigenvalue weighted by Crippen LogP contribution is -2.48. The van der Waals surface area contributed by atoms with Crippen LogP contribution >= 0.6 is 0 Å². The van der Waals surface area contributed by atoms with Crippen molar-refractivity contribution in [3.05, 3.63) is 0 Å². The zero-order valence-corrected chi connectivity index (χ0v) is 10.8. The molecule has 1 unspecified atom stereocenters. The second-order valence-corrected chi connectivity index (χ2v) is 6.33. The fourth-order valence-electron chi connectivity index (χ4n) is 2.81. The summed E-state index contributed by atoms with van der Waals surface area (Å²) in [6, 6.07) is 0. The van der Waals surface area contributed by atoms with Gasteiger partial charge in [0, 0.05) is 0 Å². The number of carboxylic acids is 1. The van der Waals surface area contributed by atoms with E-state index < -0.39 is 17.5 Å². The highest BCUT2D eigenvalue weighted by Gasteiger charge is 2.46. The monoisotopic (exact) mass is 228 g/mol. The van der Waals surface area contributed by atoms with E-state index in [9.17, 15) is 15.0 Å². The quantitative estimate of drug-likeness (QED) is 0.780. The second-order valence-electron chi connectivity index (χ2n) is 6.33. The minimum atomic E-state index is -1.00.